The Hall–Kier alpha value is -1.10. The summed E-state index contributed by atoms with van der Waals surface area (Å²) in [6, 6.07) is 7.69. The van der Waals surface area contributed by atoms with Crippen LogP contribution in [0.15, 0.2) is 24.3 Å². The molecule has 0 fully saturated rings. The molecule has 0 bridgehead atoms. The smallest absolute Gasteiger partial charge is 0.302 e. The summed E-state index contributed by atoms with van der Waals surface area (Å²) in [5, 5.41) is 11.1. The Morgan fingerprint density at radius 3 is 2.48 bits per heavy atom. The lowest BCUT2D eigenvalue weighted by Gasteiger charge is -2.31. The predicted molar refractivity (Wildman–Crippen MR) is 91.4 cm³/mol. The molecule has 0 aliphatic heterocycles. The third-order valence-corrected chi connectivity index (χ3v) is 4.30. The molecule has 1 N–H and O–H groups in total. The van der Waals surface area contributed by atoms with E-state index >= 15 is 0 Å². The Bertz CT molecular complexity index is 486. The number of benzene rings is 1. The second-order valence-electron chi connectivity index (χ2n) is 5.65. The van der Waals surface area contributed by atoms with Gasteiger partial charge in [0.2, 0.25) is 0 Å². The molecule has 1 rings (SSSR count). The fourth-order valence-corrected chi connectivity index (χ4v) is 2.57. The molecule has 5 heteroatoms. The number of aliphatic hydroxyl groups is 1. The summed E-state index contributed by atoms with van der Waals surface area (Å²) in [6.07, 6.45) is 2.82. The molecule has 1 aromatic rings. The van der Waals surface area contributed by atoms with Crippen LogP contribution in [-0.2, 0) is 20.7 Å². The van der Waals surface area contributed by atoms with Gasteiger partial charge in [-0.15, -0.1) is 0 Å². The molecule has 130 valence electrons. The van der Waals surface area contributed by atoms with Crippen molar-refractivity contribution >= 4 is 17.6 Å². The van der Waals surface area contributed by atoms with Gasteiger partial charge in [0.15, 0.2) is 5.79 Å². The van der Waals surface area contributed by atoms with Crippen molar-refractivity contribution in [3.05, 3.63) is 34.9 Å². The molecule has 0 aromatic heterocycles. The zero-order chi connectivity index (χ0) is 17.3. The molecule has 1 atom stereocenters. The lowest BCUT2D eigenvalue weighted by Crippen LogP contribution is -2.36. The molecule has 4 nitrogen and oxygen atoms in total. The number of aryl methyl sites for hydroxylation is 1. The first-order valence-corrected chi connectivity index (χ1v) is 8.55. The normalized spacial score (nSPS) is 12.9. The summed E-state index contributed by atoms with van der Waals surface area (Å²) >= 11 is 6.18. The first-order chi connectivity index (χ1) is 10.9. The van der Waals surface area contributed by atoms with Gasteiger partial charge in [-0.2, -0.15) is 0 Å². The van der Waals surface area contributed by atoms with Gasteiger partial charge < -0.3 is 14.6 Å². The van der Waals surface area contributed by atoms with Crippen LogP contribution in [0, 0.1) is 0 Å². The van der Waals surface area contributed by atoms with E-state index in [1.54, 1.807) is 0 Å². The summed E-state index contributed by atoms with van der Waals surface area (Å²) < 4.78 is 10.9. The second kappa shape index (κ2) is 9.91. The van der Waals surface area contributed by atoms with E-state index in [4.69, 9.17) is 21.1 Å². The predicted octanol–water partition coefficient (Wildman–Crippen LogP) is 4.12. The molecule has 1 unspecified atom stereocenters. The fourth-order valence-electron chi connectivity index (χ4n) is 2.34. The van der Waals surface area contributed by atoms with Crippen molar-refractivity contribution < 1.29 is 19.4 Å². The van der Waals surface area contributed by atoms with E-state index < -0.39 is 5.79 Å². The Kier molecular flexibility index (Phi) is 8.59. The third-order valence-electron chi connectivity index (χ3n) is 3.93. The first kappa shape index (κ1) is 19.9. The number of carbonyl (C=O) groups excluding carboxylic acids is 1. The van der Waals surface area contributed by atoms with Gasteiger partial charge in [0, 0.05) is 18.4 Å². The van der Waals surface area contributed by atoms with E-state index in [1.165, 1.54) is 6.92 Å². The maximum Gasteiger partial charge on any atom is 0.302 e. The van der Waals surface area contributed by atoms with Gasteiger partial charge in [-0.3, -0.25) is 4.79 Å². The van der Waals surface area contributed by atoms with Crippen molar-refractivity contribution in [1.82, 2.24) is 0 Å². The van der Waals surface area contributed by atoms with Crippen molar-refractivity contribution in [2.24, 2.45) is 0 Å². The topological polar surface area (TPSA) is 55.8 Å². The quantitative estimate of drug-likeness (QED) is 0.513. The maximum absolute atomic E-state index is 10.9. The molecule has 23 heavy (non-hydrogen) atoms. The minimum absolute atomic E-state index is 0.199. The van der Waals surface area contributed by atoms with Crippen LogP contribution >= 0.6 is 11.6 Å². The lowest BCUT2D eigenvalue weighted by molar-refractivity contribution is -0.236. The van der Waals surface area contributed by atoms with Crippen molar-refractivity contribution in [2.75, 3.05) is 6.61 Å². The molecule has 0 amide bonds. The Balaban J connectivity index is 2.66. The van der Waals surface area contributed by atoms with E-state index in [-0.39, 0.29) is 18.7 Å². The number of ether oxygens (including phenoxy) is 2. The average Bonchev–Trinajstić information content (AvgIpc) is 2.53. The molecule has 0 aliphatic carbocycles. The van der Waals surface area contributed by atoms with Gasteiger partial charge in [0.25, 0.3) is 0 Å². The molecular formula is C18H27ClO4. The fraction of sp³-hybridized carbons (Fsp3) is 0.611. The lowest BCUT2D eigenvalue weighted by atomic mass is 10.0. The molecule has 0 heterocycles. The van der Waals surface area contributed by atoms with Crippen molar-refractivity contribution in [1.29, 1.82) is 0 Å². The standard InChI is InChI=1S/C18H27ClO4/c1-4-18(21,5-2)23-16(12-13-22-14(3)20)11-10-15-8-6-7-9-17(15)19/h6-9,16,21H,4-5,10-13H2,1-3H3. The zero-order valence-electron chi connectivity index (χ0n) is 14.2. The van der Waals surface area contributed by atoms with Crippen LogP contribution in [0.3, 0.4) is 0 Å². The van der Waals surface area contributed by atoms with Crippen LogP contribution in [-0.4, -0.2) is 29.6 Å². The van der Waals surface area contributed by atoms with Crippen LogP contribution in [0.5, 0.6) is 0 Å². The monoisotopic (exact) mass is 342 g/mol. The summed E-state index contributed by atoms with van der Waals surface area (Å²) in [6.45, 7) is 5.45. The SMILES string of the molecule is CCC(O)(CC)OC(CCOC(C)=O)CCc1ccccc1Cl. The van der Waals surface area contributed by atoms with E-state index in [0.29, 0.717) is 25.7 Å². The van der Waals surface area contributed by atoms with E-state index in [0.717, 1.165) is 17.0 Å². The van der Waals surface area contributed by atoms with Gasteiger partial charge in [-0.1, -0.05) is 43.6 Å². The molecule has 1 aromatic carbocycles. The van der Waals surface area contributed by atoms with Gasteiger partial charge in [0.1, 0.15) is 0 Å². The van der Waals surface area contributed by atoms with E-state index in [9.17, 15) is 9.90 Å². The zero-order valence-corrected chi connectivity index (χ0v) is 14.9. The molecule has 0 spiro atoms. The Labute approximate surface area is 143 Å². The Morgan fingerprint density at radius 1 is 1.26 bits per heavy atom. The highest BCUT2D eigenvalue weighted by atomic mass is 35.5. The van der Waals surface area contributed by atoms with Gasteiger partial charge in [-0.25, -0.2) is 0 Å². The molecule has 0 aliphatic rings. The maximum atomic E-state index is 10.9. The second-order valence-corrected chi connectivity index (χ2v) is 6.06. The van der Waals surface area contributed by atoms with Crippen LogP contribution in [0.1, 0.15) is 52.0 Å². The molecule has 0 saturated carbocycles. The van der Waals surface area contributed by atoms with Crippen LogP contribution in [0.2, 0.25) is 5.02 Å². The highest BCUT2D eigenvalue weighted by molar-refractivity contribution is 6.31. The van der Waals surface area contributed by atoms with Crippen molar-refractivity contribution in [3.8, 4) is 0 Å². The number of esters is 1. The molecular weight excluding hydrogens is 316 g/mol. The average molecular weight is 343 g/mol. The number of carbonyl (C=O) groups is 1. The molecule has 0 saturated heterocycles. The van der Waals surface area contributed by atoms with Crippen LogP contribution in [0.4, 0.5) is 0 Å². The first-order valence-electron chi connectivity index (χ1n) is 8.17. The third kappa shape index (κ3) is 7.34. The number of rotatable bonds is 10. The highest BCUT2D eigenvalue weighted by Crippen LogP contribution is 2.24. The van der Waals surface area contributed by atoms with E-state index in [1.807, 2.05) is 38.1 Å². The summed E-state index contributed by atoms with van der Waals surface area (Å²) in [5.41, 5.74) is 1.05. The number of hydrogen-bond donors (Lipinski definition) is 1. The van der Waals surface area contributed by atoms with E-state index in [2.05, 4.69) is 0 Å². The van der Waals surface area contributed by atoms with Crippen LogP contribution in [0.25, 0.3) is 0 Å². The number of hydrogen-bond acceptors (Lipinski definition) is 4. The minimum atomic E-state index is -1.14. The largest absolute Gasteiger partial charge is 0.466 e. The van der Waals surface area contributed by atoms with Gasteiger partial charge in [-0.05, 0) is 37.3 Å². The van der Waals surface area contributed by atoms with Crippen LogP contribution < -0.4 is 0 Å². The summed E-state index contributed by atoms with van der Waals surface area (Å²) in [7, 11) is 0. The van der Waals surface area contributed by atoms with Gasteiger partial charge in [0.05, 0.1) is 12.7 Å². The number of halogens is 1. The molecule has 0 radical (unpaired) electrons. The Morgan fingerprint density at radius 2 is 1.91 bits per heavy atom. The summed E-state index contributed by atoms with van der Waals surface area (Å²) in [5.74, 6) is -1.45. The van der Waals surface area contributed by atoms with Crippen molar-refractivity contribution in [3.63, 3.8) is 0 Å². The minimum Gasteiger partial charge on any atom is -0.466 e. The van der Waals surface area contributed by atoms with Gasteiger partial charge >= 0.3 is 5.97 Å². The summed E-state index contributed by atoms with van der Waals surface area (Å²) in [4.78, 5) is 10.9. The highest BCUT2D eigenvalue weighted by Gasteiger charge is 2.27. The van der Waals surface area contributed by atoms with Crippen molar-refractivity contribution in [2.45, 2.75) is 64.8 Å².